The van der Waals surface area contributed by atoms with E-state index in [9.17, 15) is 9.59 Å². The van der Waals surface area contributed by atoms with E-state index >= 15 is 0 Å². The summed E-state index contributed by atoms with van der Waals surface area (Å²) in [5.41, 5.74) is 0.920. The summed E-state index contributed by atoms with van der Waals surface area (Å²) in [6.07, 6.45) is -0.962. The van der Waals surface area contributed by atoms with Gasteiger partial charge in [0.1, 0.15) is 5.76 Å². The van der Waals surface area contributed by atoms with Crippen LogP contribution in [0.15, 0.2) is 40.8 Å². The molecule has 0 bridgehead atoms. The molecule has 6 heteroatoms. The molecule has 0 radical (unpaired) electrons. The predicted octanol–water partition coefficient (Wildman–Crippen LogP) is 5.67. The minimum absolute atomic E-state index is 0.0966. The summed E-state index contributed by atoms with van der Waals surface area (Å²) in [5.74, 6) is 0.277. The molecule has 0 saturated carbocycles. The van der Waals surface area contributed by atoms with Gasteiger partial charge in [0.15, 0.2) is 19.9 Å². The van der Waals surface area contributed by atoms with Crippen LogP contribution >= 0.6 is 0 Å². The molecule has 1 aromatic heterocycles. The van der Waals surface area contributed by atoms with Gasteiger partial charge in [-0.3, -0.25) is 4.79 Å². The Hall–Kier alpha value is -2.18. The Morgan fingerprint density at radius 2 is 1.67 bits per heavy atom. The molecule has 1 atom stereocenters. The summed E-state index contributed by atoms with van der Waals surface area (Å²) in [6.45, 7) is 9.51. The average Bonchev–Trinajstić information content (AvgIpc) is 3.08. The molecule has 0 aliphatic rings. The fourth-order valence-electron chi connectivity index (χ4n) is 3.08. The third-order valence-corrected chi connectivity index (χ3v) is 9.64. The van der Waals surface area contributed by atoms with Crippen molar-refractivity contribution in [1.82, 2.24) is 0 Å². The van der Waals surface area contributed by atoms with Crippen molar-refractivity contribution in [2.45, 2.75) is 59.0 Å². The number of rotatable bonds is 9. The first kappa shape index (κ1) is 21.1. The van der Waals surface area contributed by atoms with Crippen molar-refractivity contribution in [3.8, 4) is 0 Å². The minimum atomic E-state index is -2.09. The van der Waals surface area contributed by atoms with E-state index in [2.05, 4.69) is 20.8 Å². The number of hydrogen-bond donors (Lipinski definition) is 0. The molecule has 2 aromatic rings. The molecule has 0 aliphatic carbocycles. The van der Waals surface area contributed by atoms with E-state index in [0.717, 1.165) is 18.1 Å². The normalized spacial score (nSPS) is 12.6. The molecule has 0 spiro atoms. The van der Waals surface area contributed by atoms with Crippen LogP contribution in [0.3, 0.4) is 0 Å². The van der Waals surface area contributed by atoms with Crippen LogP contribution in [0.1, 0.15) is 66.2 Å². The molecule has 1 heterocycles. The van der Waals surface area contributed by atoms with Crippen molar-refractivity contribution in [2.75, 3.05) is 0 Å². The second kappa shape index (κ2) is 9.15. The highest BCUT2D eigenvalue weighted by Gasteiger charge is 2.36. The van der Waals surface area contributed by atoms with Gasteiger partial charge in [0, 0.05) is 0 Å². The van der Waals surface area contributed by atoms with Gasteiger partial charge in [0.2, 0.25) is 0 Å². The number of carbonyl (C=O) groups excluding carboxylic acids is 2. The number of furan rings is 1. The van der Waals surface area contributed by atoms with Gasteiger partial charge >= 0.3 is 5.97 Å². The number of ether oxygens (including phenoxy) is 1. The fraction of sp³-hybridized carbons (Fsp3) is 0.429. The van der Waals surface area contributed by atoms with Crippen LogP contribution in [0.2, 0.25) is 18.1 Å². The van der Waals surface area contributed by atoms with E-state index in [4.69, 9.17) is 13.6 Å². The summed E-state index contributed by atoms with van der Waals surface area (Å²) in [5, 5.41) is 0. The van der Waals surface area contributed by atoms with Crippen LogP contribution in [-0.4, -0.2) is 20.1 Å². The standard InChI is InChI=1S/C21H28O5Si/c1-6-27(7-2,8-3)26-21(19-14-18(15(4)22)16(5)24-19)25-20(23)17-12-10-9-11-13-17/h9-14,21H,6-8H2,1-5H3. The molecular formula is C21H28O5Si. The number of carbonyl (C=O) groups is 2. The zero-order valence-electron chi connectivity index (χ0n) is 16.7. The zero-order valence-corrected chi connectivity index (χ0v) is 17.7. The van der Waals surface area contributed by atoms with E-state index in [1.54, 1.807) is 37.3 Å². The number of aryl methyl sites for hydroxylation is 1. The average molecular weight is 389 g/mol. The molecular weight excluding hydrogens is 360 g/mol. The van der Waals surface area contributed by atoms with Crippen LogP contribution < -0.4 is 0 Å². The van der Waals surface area contributed by atoms with Crippen molar-refractivity contribution in [3.05, 3.63) is 59.0 Å². The van der Waals surface area contributed by atoms with E-state index in [-0.39, 0.29) is 5.78 Å². The first-order chi connectivity index (χ1) is 12.9. The summed E-state index contributed by atoms with van der Waals surface area (Å²) in [6, 6.07) is 13.1. The third kappa shape index (κ3) is 4.96. The largest absolute Gasteiger partial charge is 0.459 e. The molecule has 27 heavy (non-hydrogen) atoms. The zero-order chi connectivity index (χ0) is 20.0. The van der Waals surface area contributed by atoms with Crippen LogP contribution in [0.5, 0.6) is 0 Å². The highest BCUT2D eigenvalue weighted by molar-refractivity contribution is 6.73. The molecule has 146 valence electrons. The number of esters is 1. The monoisotopic (exact) mass is 388 g/mol. The summed E-state index contributed by atoms with van der Waals surface area (Å²) < 4.78 is 17.9. The number of benzene rings is 1. The topological polar surface area (TPSA) is 65.7 Å². The van der Waals surface area contributed by atoms with E-state index < -0.39 is 20.6 Å². The van der Waals surface area contributed by atoms with Gasteiger partial charge in [-0.15, -0.1) is 0 Å². The number of ketones is 1. The second-order valence-electron chi connectivity index (χ2n) is 6.64. The van der Waals surface area contributed by atoms with Crippen LogP contribution in [0.4, 0.5) is 0 Å². The summed E-state index contributed by atoms with van der Waals surface area (Å²) in [4.78, 5) is 24.4. The quantitative estimate of drug-likeness (QED) is 0.240. The Morgan fingerprint density at radius 1 is 1.07 bits per heavy atom. The van der Waals surface area contributed by atoms with Crippen molar-refractivity contribution in [1.29, 1.82) is 0 Å². The molecule has 2 rings (SSSR count). The minimum Gasteiger partial charge on any atom is -0.459 e. The van der Waals surface area contributed by atoms with Crippen LogP contribution in [0.25, 0.3) is 0 Å². The lowest BCUT2D eigenvalue weighted by atomic mass is 10.2. The molecule has 1 unspecified atom stereocenters. The van der Waals surface area contributed by atoms with Crippen molar-refractivity contribution in [3.63, 3.8) is 0 Å². The lowest BCUT2D eigenvalue weighted by Crippen LogP contribution is -2.38. The fourth-order valence-corrected chi connectivity index (χ4v) is 5.70. The Morgan fingerprint density at radius 3 is 2.15 bits per heavy atom. The predicted molar refractivity (Wildman–Crippen MR) is 106 cm³/mol. The Labute approximate surface area is 161 Å². The second-order valence-corrected chi connectivity index (χ2v) is 11.4. The van der Waals surface area contributed by atoms with Crippen molar-refractivity contribution >= 4 is 20.1 Å². The molecule has 0 saturated heterocycles. The van der Waals surface area contributed by atoms with Gasteiger partial charge in [-0.25, -0.2) is 4.79 Å². The van der Waals surface area contributed by atoms with Gasteiger partial charge in [-0.2, -0.15) is 0 Å². The van der Waals surface area contributed by atoms with Gasteiger partial charge in [0.05, 0.1) is 11.1 Å². The lowest BCUT2D eigenvalue weighted by Gasteiger charge is -2.31. The van der Waals surface area contributed by atoms with E-state index in [1.165, 1.54) is 6.92 Å². The summed E-state index contributed by atoms with van der Waals surface area (Å²) >= 11 is 0. The molecule has 5 nitrogen and oxygen atoms in total. The van der Waals surface area contributed by atoms with Gasteiger partial charge < -0.3 is 13.6 Å². The Kier molecular flexibility index (Phi) is 7.16. The molecule has 0 fully saturated rings. The molecule has 0 amide bonds. The maximum atomic E-state index is 12.6. The maximum Gasteiger partial charge on any atom is 0.340 e. The molecule has 0 N–H and O–H groups in total. The van der Waals surface area contributed by atoms with Gasteiger partial charge in [-0.05, 0) is 50.2 Å². The molecule has 0 aliphatic heterocycles. The summed E-state index contributed by atoms with van der Waals surface area (Å²) in [7, 11) is -2.09. The third-order valence-electron chi connectivity index (χ3n) is 5.06. The maximum absolute atomic E-state index is 12.6. The van der Waals surface area contributed by atoms with Crippen LogP contribution in [0, 0.1) is 6.92 Å². The number of Topliss-reactive ketones (excluding diaryl/α,β-unsaturated/α-hetero) is 1. The smallest absolute Gasteiger partial charge is 0.340 e. The first-order valence-corrected chi connectivity index (χ1v) is 11.9. The Balaban J connectivity index is 2.37. The van der Waals surface area contributed by atoms with Crippen LogP contribution in [-0.2, 0) is 9.16 Å². The highest BCUT2D eigenvalue weighted by Crippen LogP contribution is 2.33. The lowest BCUT2D eigenvalue weighted by molar-refractivity contribution is -0.0687. The highest BCUT2D eigenvalue weighted by atomic mass is 28.4. The van der Waals surface area contributed by atoms with E-state index in [0.29, 0.717) is 22.6 Å². The van der Waals surface area contributed by atoms with Gasteiger partial charge in [0.25, 0.3) is 6.29 Å². The van der Waals surface area contributed by atoms with E-state index in [1.807, 2.05) is 6.07 Å². The van der Waals surface area contributed by atoms with Crippen molar-refractivity contribution in [2.24, 2.45) is 0 Å². The van der Waals surface area contributed by atoms with Gasteiger partial charge in [-0.1, -0.05) is 39.0 Å². The Bertz CT molecular complexity index is 769. The molecule has 1 aromatic carbocycles. The van der Waals surface area contributed by atoms with Crippen molar-refractivity contribution < 1.29 is 23.2 Å². The SMILES string of the molecule is CC[Si](CC)(CC)OC(OC(=O)c1ccccc1)c1cc(C(C)=O)c(C)o1. The number of hydrogen-bond acceptors (Lipinski definition) is 5. The first-order valence-electron chi connectivity index (χ1n) is 9.40.